The van der Waals surface area contributed by atoms with Crippen LogP contribution in [0.2, 0.25) is 0 Å². The average molecular weight is 833 g/mol. The molecular weight excluding hydrogens is 734 g/mol. The van der Waals surface area contributed by atoms with Crippen molar-refractivity contribution in [2.75, 3.05) is 54.1 Å². The molecule has 0 aliphatic heterocycles. The molecule has 2 unspecified atom stereocenters. The predicted octanol–water partition coefficient (Wildman–Crippen LogP) is 14.8. The van der Waals surface area contributed by atoms with Gasteiger partial charge < -0.3 is 18.9 Å². The van der Waals surface area contributed by atoms with Gasteiger partial charge in [-0.25, -0.2) is 4.57 Å². The fourth-order valence-corrected chi connectivity index (χ4v) is 8.06. The van der Waals surface area contributed by atoms with Crippen molar-refractivity contribution in [3.05, 3.63) is 0 Å². The summed E-state index contributed by atoms with van der Waals surface area (Å²) in [7, 11) is 1.69. The minimum atomic E-state index is -4.27. The van der Waals surface area contributed by atoms with Crippen LogP contribution in [0.5, 0.6) is 0 Å². The van der Waals surface area contributed by atoms with Crippen molar-refractivity contribution in [1.82, 2.24) is 0 Å². The number of nitrogens with zero attached hydrogens (tertiary/aromatic N) is 1. The Bertz CT molecular complexity index is 883. The first-order chi connectivity index (χ1) is 27.6. The van der Waals surface area contributed by atoms with Crippen LogP contribution in [-0.4, -0.2) is 75.6 Å². The van der Waals surface area contributed by atoms with E-state index in [0.717, 1.165) is 32.1 Å². The molecule has 0 spiro atoms. The van der Waals surface area contributed by atoms with Gasteiger partial charge in [0.25, 0.3) is 0 Å². The van der Waals surface area contributed by atoms with Crippen LogP contribution >= 0.6 is 7.82 Å². The largest absolute Gasteiger partial charge is 0.472 e. The second-order valence-corrected chi connectivity index (χ2v) is 19.7. The third-order valence-corrected chi connectivity index (χ3v) is 12.2. The van der Waals surface area contributed by atoms with Gasteiger partial charge in [-0.1, -0.05) is 226 Å². The van der Waals surface area contributed by atoms with Crippen molar-refractivity contribution in [1.29, 1.82) is 0 Å². The van der Waals surface area contributed by atoms with Gasteiger partial charge in [-0.3, -0.25) is 13.8 Å². The standard InChI is InChI=1S/C48H98NO7P/c1-6-8-10-12-14-16-18-20-22-23-24-25-26-27-28-29-31-33-35-37-39-41-48(50)56-47(46-55-57(51,52)54-44-42-49(3,4)5)45-53-43-40-38-36-34-32-30-21-19-17-15-13-11-9-7-2/h47H,6-46H2,1-5H3/p+1. The second-order valence-electron chi connectivity index (χ2n) is 18.2. The van der Waals surface area contributed by atoms with Gasteiger partial charge in [-0.15, -0.1) is 0 Å². The smallest absolute Gasteiger partial charge is 0.457 e. The molecule has 0 heterocycles. The van der Waals surface area contributed by atoms with Crippen molar-refractivity contribution in [2.24, 2.45) is 0 Å². The fraction of sp³-hybridized carbons (Fsp3) is 0.979. The zero-order chi connectivity index (χ0) is 42.0. The summed E-state index contributed by atoms with van der Waals surface area (Å²) in [5.41, 5.74) is 0. The van der Waals surface area contributed by atoms with E-state index in [2.05, 4.69) is 13.8 Å². The maximum Gasteiger partial charge on any atom is 0.472 e. The van der Waals surface area contributed by atoms with Crippen LogP contribution < -0.4 is 0 Å². The number of phosphoric acid groups is 1. The fourth-order valence-electron chi connectivity index (χ4n) is 7.32. The number of quaternary nitrogens is 1. The molecule has 0 radical (unpaired) electrons. The number of carbonyl (C=O) groups is 1. The molecule has 0 saturated carbocycles. The van der Waals surface area contributed by atoms with E-state index < -0.39 is 13.9 Å². The maximum absolute atomic E-state index is 12.7. The molecule has 2 atom stereocenters. The topological polar surface area (TPSA) is 91.3 Å². The Labute approximate surface area is 355 Å². The van der Waals surface area contributed by atoms with Gasteiger partial charge in [0.15, 0.2) is 0 Å². The molecule has 1 N–H and O–H groups in total. The lowest BCUT2D eigenvalue weighted by atomic mass is 10.0. The summed E-state index contributed by atoms with van der Waals surface area (Å²) in [6, 6.07) is 0. The van der Waals surface area contributed by atoms with E-state index in [-0.39, 0.29) is 25.8 Å². The van der Waals surface area contributed by atoms with E-state index in [9.17, 15) is 14.3 Å². The van der Waals surface area contributed by atoms with Crippen LogP contribution in [0, 0.1) is 0 Å². The quantitative estimate of drug-likeness (QED) is 0.0283. The lowest BCUT2D eigenvalue weighted by molar-refractivity contribution is -0.870. The maximum atomic E-state index is 12.7. The van der Waals surface area contributed by atoms with E-state index in [1.807, 2.05) is 21.1 Å². The molecule has 0 aromatic rings. The molecule has 0 aliphatic rings. The molecule has 0 amide bonds. The summed E-state index contributed by atoms with van der Waals surface area (Å²) in [5.74, 6) is -0.305. The minimum absolute atomic E-state index is 0.0941. The highest BCUT2D eigenvalue weighted by atomic mass is 31.2. The zero-order valence-electron chi connectivity index (χ0n) is 38.9. The summed E-state index contributed by atoms with van der Waals surface area (Å²) in [6.07, 6.45) is 45.7. The van der Waals surface area contributed by atoms with Gasteiger partial charge in [0, 0.05) is 13.0 Å². The SMILES string of the molecule is CCCCCCCCCCCCCCCCCCCCCCCC(=O)OC(COCCCCCCCCCCCCCCCC)COP(=O)(O)OCC[N+](C)(C)C. The van der Waals surface area contributed by atoms with Crippen LogP contribution in [0.15, 0.2) is 0 Å². The summed E-state index contributed by atoms with van der Waals surface area (Å²) in [6.45, 7) is 5.70. The number of hydrogen-bond acceptors (Lipinski definition) is 6. The zero-order valence-corrected chi connectivity index (χ0v) is 39.8. The number of phosphoric ester groups is 1. The van der Waals surface area contributed by atoms with Crippen LogP contribution in [0.3, 0.4) is 0 Å². The second kappa shape index (κ2) is 42.2. The summed E-state index contributed by atoms with van der Waals surface area (Å²) in [5, 5.41) is 0. The third kappa shape index (κ3) is 46.4. The molecule has 342 valence electrons. The number of ether oxygens (including phenoxy) is 2. The lowest BCUT2D eigenvalue weighted by Crippen LogP contribution is -2.37. The van der Waals surface area contributed by atoms with Crippen molar-refractivity contribution >= 4 is 13.8 Å². The molecule has 0 aromatic heterocycles. The highest BCUT2D eigenvalue weighted by Gasteiger charge is 2.26. The van der Waals surface area contributed by atoms with E-state index in [1.165, 1.54) is 193 Å². The highest BCUT2D eigenvalue weighted by Crippen LogP contribution is 2.43. The number of unbranched alkanes of at least 4 members (excludes halogenated alkanes) is 33. The van der Waals surface area contributed by atoms with Crippen molar-refractivity contribution in [3.63, 3.8) is 0 Å². The Kier molecular flexibility index (Phi) is 41.8. The number of esters is 1. The molecule has 9 heteroatoms. The molecule has 8 nitrogen and oxygen atoms in total. The number of hydrogen-bond donors (Lipinski definition) is 1. The number of carbonyl (C=O) groups excluding carboxylic acids is 1. The van der Waals surface area contributed by atoms with Crippen LogP contribution in [-0.2, 0) is 27.9 Å². The Balaban J connectivity index is 4.08. The highest BCUT2D eigenvalue weighted by molar-refractivity contribution is 7.47. The summed E-state index contributed by atoms with van der Waals surface area (Å²) < 4.78 is 35.1. The van der Waals surface area contributed by atoms with Crippen molar-refractivity contribution in [2.45, 2.75) is 251 Å². The van der Waals surface area contributed by atoms with Gasteiger partial charge in [0.2, 0.25) is 0 Å². The Morgan fingerprint density at radius 2 is 0.807 bits per heavy atom. The lowest BCUT2D eigenvalue weighted by Gasteiger charge is -2.24. The van der Waals surface area contributed by atoms with Crippen LogP contribution in [0.1, 0.15) is 245 Å². The molecule has 0 aromatic carbocycles. The van der Waals surface area contributed by atoms with Gasteiger partial charge in [-0.2, -0.15) is 0 Å². The van der Waals surface area contributed by atoms with Crippen LogP contribution in [0.4, 0.5) is 0 Å². The minimum Gasteiger partial charge on any atom is -0.457 e. The molecular formula is C48H99NO7P+. The normalized spacial score (nSPS) is 13.6. The van der Waals surface area contributed by atoms with Crippen molar-refractivity contribution < 1.29 is 37.3 Å². The Morgan fingerprint density at radius 1 is 0.474 bits per heavy atom. The predicted molar refractivity (Wildman–Crippen MR) is 243 cm³/mol. The molecule has 57 heavy (non-hydrogen) atoms. The van der Waals surface area contributed by atoms with Gasteiger partial charge in [0.1, 0.15) is 19.3 Å². The summed E-state index contributed by atoms with van der Waals surface area (Å²) >= 11 is 0. The summed E-state index contributed by atoms with van der Waals surface area (Å²) in [4.78, 5) is 23.0. The molecule has 0 saturated heterocycles. The molecule has 0 bridgehead atoms. The monoisotopic (exact) mass is 833 g/mol. The van der Waals surface area contributed by atoms with E-state index in [0.29, 0.717) is 24.1 Å². The first-order valence-corrected chi connectivity index (χ1v) is 26.3. The molecule has 0 fully saturated rings. The van der Waals surface area contributed by atoms with Gasteiger partial charge in [-0.05, 0) is 12.8 Å². The number of rotatable bonds is 47. The van der Waals surface area contributed by atoms with E-state index in [4.69, 9.17) is 18.5 Å². The third-order valence-electron chi connectivity index (χ3n) is 11.2. The molecule has 0 rings (SSSR count). The first-order valence-electron chi connectivity index (χ1n) is 24.8. The average Bonchev–Trinajstić information content (AvgIpc) is 3.16. The number of likely N-dealkylation sites (N-methyl/N-ethyl adjacent to an activating group) is 1. The van der Waals surface area contributed by atoms with Crippen LogP contribution in [0.25, 0.3) is 0 Å². The molecule has 0 aliphatic carbocycles. The van der Waals surface area contributed by atoms with Crippen molar-refractivity contribution in [3.8, 4) is 0 Å². The Morgan fingerprint density at radius 3 is 1.16 bits per heavy atom. The van der Waals surface area contributed by atoms with E-state index in [1.54, 1.807) is 0 Å². The Hall–Kier alpha value is -0.500. The first kappa shape index (κ1) is 56.5. The van der Waals surface area contributed by atoms with Gasteiger partial charge >= 0.3 is 13.8 Å². The van der Waals surface area contributed by atoms with E-state index >= 15 is 0 Å². The van der Waals surface area contributed by atoms with Gasteiger partial charge in [0.05, 0.1) is 34.4 Å².